The quantitative estimate of drug-likeness (QED) is 0.423. The molecule has 8 nitrogen and oxygen atoms in total. The van der Waals surface area contributed by atoms with Gasteiger partial charge in [-0.05, 0) is 85.6 Å². The molecule has 3 aromatic rings. The number of anilines is 3. The summed E-state index contributed by atoms with van der Waals surface area (Å²) in [6.07, 6.45) is 1.02. The molecule has 180 valence electrons. The zero-order valence-corrected chi connectivity index (χ0v) is 22.0. The number of aryl methyl sites for hydroxylation is 2. The molecule has 0 bridgehead atoms. The lowest BCUT2D eigenvalue weighted by Crippen LogP contribution is -2.37. The molecule has 11 heteroatoms. The van der Waals surface area contributed by atoms with Crippen LogP contribution in [0.3, 0.4) is 0 Å². The van der Waals surface area contributed by atoms with Crippen LogP contribution < -0.4 is 14.3 Å². The molecule has 0 atom stereocenters. The van der Waals surface area contributed by atoms with E-state index in [-0.39, 0.29) is 4.90 Å². The highest BCUT2D eigenvalue weighted by atomic mass is 79.9. The summed E-state index contributed by atoms with van der Waals surface area (Å²) < 4.78 is 54.1. The molecule has 3 aromatic carbocycles. The zero-order valence-electron chi connectivity index (χ0n) is 18.7. The summed E-state index contributed by atoms with van der Waals surface area (Å²) in [7, 11) is -7.53. The molecule has 0 fully saturated rings. The summed E-state index contributed by atoms with van der Waals surface area (Å²) in [5, 5.41) is 2.60. The first kappa shape index (κ1) is 25.7. The van der Waals surface area contributed by atoms with Crippen LogP contribution in [0.15, 0.2) is 76.1 Å². The van der Waals surface area contributed by atoms with Gasteiger partial charge in [-0.15, -0.1) is 0 Å². The van der Waals surface area contributed by atoms with Crippen LogP contribution in [0, 0.1) is 13.8 Å². The first-order chi connectivity index (χ1) is 15.8. The number of hydrogen-bond acceptors (Lipinski definition) is 5. The van der Waals surface area contributed by atoms with Crippen molar-refractivity contribution in [3.05, 3.63) is 82.3 Å². The van der Waals surface area contributed by atoms with E-state index in [9.17, 15) is 21.6 Å². The maximum absolute atomic E-state index is 12.7. The zero-order chi connectivity index (χ0) is 25.1. The lowest BCUT2D eigenvalue weighted by atomic mass is 10.1. The third-order valence-corrected chi connectivity index (χ3v) is 8.08. The van der Waals surface area contributed by atoms with E-state index in [4.69, 9.17) is 0 Å². The molecule has 0 saturated heterocycles. The Kier molecular flexibility index (Phi) is 7.69. The van der Waals surface area contributed by atoms with E-state index in [0.29, 0.717) is 17.1 Å². The van der Waals surface area contributed by atoms with Crippen molar-refractivity contribution in [2.45, 2.75) is 18.7 Å². The molecular weight excluding hydrogens is 542 g/mol. The maximum Gasteiger partial charge on any atom is 0.261 e. The molecule has 2 N–H and O–H groups in total. The smallest absolute Gasteiger partial charge is 0.261 e. The number of nitrogens with one attached hydrogen (secondary N) is 2. The standard InChI is InChI=1S/C23H24BrN3O5S2/c1-16-4-7-20(14-17(16)2)26-34(31,32)22-12-8-19(9-13-22)25-23(28)15-27(33(3,29)30)21-10-5-18(24)6-11-21/h4-14,26H,15H2,1-3H3,(H,25,28). The number of carbonyl (C=O) groups is 1. The third-order valence-electron chi connectivity index (χ3n) is 5.01. The van der Waals surface area contributed by atoms with Crippen molar-refractivity contribution in [3.63, 3.8) is 0 Å². The number of carbonyl (C=O) groups excluding carboxylic acids is 1. The number of benzene rings is 3. The summed E-state index contributed by atoms with van der Waals surface area (Å²) in [6.45, 7) is 3.40. The van der Waals surface area contributed by atoms with Gasteiger partial charge < -0.3 is 5.32 Å². The lowest BCUT2D eigenvalue weighted by Gasteiger charge is -2.22. The molecule has 0 aliphatic carbocycles. The minimum Gasteiger partial charge on any atom is -0.325 e. The largest absolute Gasteiger partial charge is 0.325 e. The average Bonchev–Trinajstić information content (AvgIpc) is 2.75. The fraction of sp³-hybridized carbons (Fsp3) is 0.174. The number of hydrogen-bond donors (Lipinski definition) is 2. The van der Waals surface area contributed by atoms with Gasteiger partial charge >= 0.3 is 0 Å². The van der Waals surface area contributed by atoms with Crippen LogP contribution in [0.25, 0.3) is 0 Å². The summed E-state index contributed by atoms with van der Waals surface area (Å²) in [4.78, 5) is 12.6. The van der Waals surface area contributed by atoms with Gasteiger partial charge in [0.2, 0.25) is 15.9 Å². The molecular formula is C23H24BrN3O5S2. The lowest BCUT2D eigenvalue weighted by molar-refractivity contribution is -0.114. The van der Waals surface area contributed by atoms with Crippen LogP contribution in [-0.4, -0.2) is 35.5 Å². The minimum atomic E-state index is -3.82. The third kappa shape index (κ3) is 6.58. The Morgan fingerprint density at radius 3 is 2.00 bits per heavy atom. The number of rotatable bonds is 8. The van der Waals surface area contributed by atoms with E-state index < -0.39 is 32.5 Å². The predicted molar refractivity (Wildman–Crippen MR) is 138 cm³/mol. The second kappa shape index (κ2) is 10.2. The van der Waals surface area contributed by atoms with Crippen molar-refractivity contribution >= 4 is 58.9 Å². The highest BCUT2D eigenvalue weighted by Gasteiger charge is 2.21. The highest BCUT2D eigenvalue weighted by Crippen LogP contribution is 2.22. The molecule has 0 spiro atoms. The molecule has 0 heterocycles. The Labute approximate surface area is 208 Å². The van der Waals surface area contributed by atoms with E-state index in [1.165, 1.54) is 24.3 Å². The van der Waals surface area contributed by atoms with Crippen molar-refractivity contribution in [3.8, 4) is 0 Å². The van der Waals surface area contributed by atoms with E-state index >= 15 is 0 Å². The Morgan fingerprint density at radius 2 is 1.44 bits per heavy atom. The Hall–Kier alpha value is -2.89. The predicted octanol–water partition coefficient (Wildman–Crippen LogP) is 4.27. The fourth-order valence-corrected chi connectivity index (χ4v) is 5.24. The Bertz CT molecular complexity index is 1410. The van der Waals surface area contributed by atoms with Crippen LogP contribution in [0.2, 0.25) is 0 Å². The van der Waals surface area contributed by atoms with Crippen molar-refractivity contribution in [2.24, 2.45) is 0 Å². The van der Waals surface area contributed by atoms with Crippen LogP contribution in [-0.2, 0) is 24.8 Å². The summed E-state index contributed by atoms with van der Waals surface area (Å²) in [5.41, 5.74) is 3.15. The number of nitrogens with zero attached hydrogens (tertiary/aromatic N) is 1. The molecule has 3 rings (SSSR count). The van der Waals surface area contributed by atoms with Crippen LogP contribution >= 0.6 is 15.9 Å². The van der Waals surface area contributed by atoms with Gasteiger partial charge in [-0.25, -0.2) is 16.8 Å². The first-order valence-electron chi connectivity index (χ1n) is 10.1. The molecule has 0 aliphatic rings. The van der Waals surface area contributed by atoms with Gasteiger partial charge in [0.05, 0.1) is 16.8 Å². The second-order valence-electron chi connectivity index (χ2n) is 7.72. The Morgan fingerprint density at radius 1 is 0.853 bits per heavy atom. The number of amides is 1. The van der Waals surface area contributed by atoms with Crippen LogP contribution in [0.1, 0.15) is 11.1 Å². The van der Waals surface area contributed by atoms with Gasteiger partial charge in [-0.2, -0.15) is 0 Å². The second-order valence-corrected chi connectivity index (χ2v) is 12.2. The summed E-state index contributed by atoms with van der Waals surface area (Å²) in [6, 6.07) is 17.4. The SMILES string of the molecule is Cc1ccc(NS(=O)(=O)c2ccc(NC(=O)CN(c3ccc(Br)cc3)S(C)(=O)=O)cc2)cc1C. The molecule has 0 radical (unpaired) electrons. The van der Waals surface area contributed by atoms with Gasteiger partial charge in [0.25, 0.3) is 10.0 Å². The Balaban J connectivity index is 1.71. The van der Waals surface area contributed by atoms with E-state index in [2.05, 4.69) is 26.0 Å². The van der Waals surface area contributed by atoms with Crippen LogP contribution in [0.5, 0.6) is 0 Å². The number of halogens is 1. The highest BCUT2D eigenvalue weighted by molar-refractivity contribution is 9.10. The monoisotopic (exact) mass is 565 g/mol. The molecule has 0 saturated carbocycles. The fourth-order valence-electron chi connectivity index (χ4n) is 3.07. The topological polar surface area (TPSA) is 113 Å². The van der Waals surface area contributed by atoms with Crippen LogP contribution in [0.4, 0.5) is 17.1 Å². The van der Waals surface area contributed by atoms with Crippen molar-refractivity contribution in [1.82, 2.24) is 0 Å². The summed E-state index contributed by atoms with van der Waals surface area (Å²) in [5.74, 6) is -0.572. The van der Waals surface area contributed by atoms with Gasteiger partial charge in [0, 0.05) is 15.8 Å². The first-order valence-corrected chi connectivity index (χ1v) is 14.2. The maximum atomic E-state index is 12.7. The van der Waals surface area contributed by atoms with Gasteiger partial charge in [0.15, 0.2) is 0 Å². The van der Waals surface area contributed by atoms with Gasteiger partial charge in [-0.3, -0.25) is 13.8 Å². The van der Waals surface area contributed by atoms with E-state index in [1.807, 2.05) is 19.9 Å². The average molecular weight is 566 g/mol. The number of sulfonamides is 2. The summed E-state index contributed by atoms with van der Waals surface area (Å²) >= 11 is 3.29. The molecule has 0 aromatic heterocycles. The van der Waals surface area contributed by atoms with Crippen molar-refractivity contribution in [2.75, 3.05) is 27.1 Å². The normalized spacial score (nSPS) is 11.6. The van der Waals surface area contributed by atoms with E-state index in [0.717, 1.165) is 26.2 Å². The molecule has 0 aliphatic heterocycles. The molecule has 0 unspecified atom stereocenters. The van der Waals surface area contributed by atoms with Crippen molar-refractivity contribution < 1.29 is 21.6 Å². The minimum absolute atomic E-state index is 0.0244. The van der Waals surface area contributed by atoms with Gasteiger partial charge in [0.1, 0.15) is 6.54 Å². The van der Waals surface area contributed by atoms with Crippen molar-refractivity contribution in [1.29, 1.82) is 0 Å². The van der Waals surface area contributed by atoms with Gasteiger partial charge in [-0.1, -0.05) is 22.0 Å². The molecule has 34 heavy (non-hydrogen) atoms. The molecule has 1 amide bonds. The van der Waals surface area contributed by atoms with E-state index in [1.54, 1.807) is 36.4 Å².